The molecule has 4 aromatic rings. The Morgan fingerprint density at radius 2 is 1.26 bits per heavy atom. The summed E-state index contributed by atoms with van der Waals surface area (Å²) < 4.78 is 0. The topological polar surface area (TPSA) is 12.9 Å². The summed E-state index contributed by atoms with van der Waals surface area (Å²) in [6.07, 6.45) is 1.90. The lowest BCUT2D eigenvalue weighted by Gasteiger charge is -2.25. The van der Waals surface area contributed by atoms with Crippen LogP contribution in [0.2, 0.25) is 0 Å². The number of benzene rings is 3. The minimum absolute atomic E-state index is 0.0476. The molecule has 1 nitrogen and oxygen atoms in total. The van der Waals surface area contributed by atoms with Crippen molar-refractivity contribution in [3.05, 3.63) is 102 Å². The lowest BCUT2D eigenvalue weighted by molar-refractivity contribution is 0.662. The van der Waals surface area contributed by atoms with Crippen molar-refractivity contribution in [2.75, 3.05) is 0 Å². The first kappa shape index (κ1) is 16.0. The van der Waals surface area contributed by atoms with Gasteiger partial charge in [0, 0.05) is 22.7 Å². The minimum Gasteiger partial charge on any atom is -0.256 e. The van der Waals surface area contributed by atoms with Crippen molar-refractivity contribution in [1.82, 2.24) is 4.98 Å². The molecule has 0 N–H and O–H groups in total. The van der Waals surface area contributed by atoms with E-state index >= 15 is 0 Å². The van der Waals surface area contributed by atoms with Gasteiger partial charge in [-0.3, -0.25) is 4.98 Å². The highest BCUT2D eigenvalue weighted by atomic mass is 14.7. The highest BCUT2D eigenvalue weighted by molar-refractivity contribution is 5.91. The summed E-state index contributed by atoms with van der Waals surface area (Å²) in [5, 5.41) is 0. The van der Waals surface area contributed by atoms with Crippen molar-refractivity contribution in [3.8, 4) is 33.5 Å². The molecule has 0 spiro atoms. The van der Waals surface area contributed by atoms with Gasteiger partial charge in [0.15, 0.2) is 0 Å². The predicted molar refractivity (Wildman–Crippen MR) is 113 cm³/mol. The number of aromatic nitrogens is 1. The second-order valence-corrected chi connectivity index (χ2v) is 7.66. The number of hydrogen-bond acceptors (Lipinski definition) is 1. The van der Waals surface area contributed by atoms with Gasteiger partial charge in [0.25, 0.3) is 0 Å². The first-order valence-corrected chi connectivity index (χ1v) is 9.42. The second-order valence-electron chi connectivity index (χ2n) is 7.66. The fourth-order valence-electron chi connectivity index (χ4n) is 4.52. The Balaban J connectivity index is 1.80. The van der Waals surface area contributed by atoms with Crippen LogP contribution in [0.1, 0.15) is 25.0 Å². The number of pyridine rings is 1. The third-order valence-electron chi connectivity index (χ3n) is 5.73. The number of nitrogens with zero attached hydrogens (tertiary/aromatic N) is 1. The van der Waals surface area contributed by atoms with Gasteiger partial charge in [0.05, 0.1) is 5.69 Å². The summed E-state index contributed by atoms with van der Waals surface area (Å²) >= 11 is 0. The molecule has 0 bridgehead atoms. The Kier molecular flexibility index (Phi) is 3.51. The van der Waals surface area contributed by atoms with Crippen LogP contribution in [0.25, 0.3) is 33.5 Å². The van der Waals surface area contributed by atoms with Crippen molar-refractivity contribution >= 4 is 0 Å². The van der Waals surface area contributed by atoms with E-state index in [0.29, 0.717) is 0 Å². The Bertz CT molecular complexity index is 1140. The fourth-order valence-corrected chi connectivity index (χ4v) is 4.52. The van der Waals surface area contributed by atoms with Gasteiger partial charge in [0.2, 0.25) is 0 Å². The van der Waals surface area contributed by atoms with E-state index in [1.54, 1.807) is 0 Å². The van der Waals surface area contributed by atoms with Crippen LogP contribution in [0.4, 0.5) is 0 Å². The van der Waals surface area contributed by atoms with Gasteiger partial charge in [-0.15, -0.1) is 0 Å². The highest BCUT2D eigenvalue weighted by Crippen LogP contribution is 2.52. The van der Waals surface area contributed by atoms with Gasteiger partial charge in [-0.2, -0.15) is 0 Å². The van der Waals surface area contributed by atoms with E-state index in [4.69, 9.17) is 4.98 Å². The highest BCUT2D eigenvalue weighted by Gasteiger charge is 2.37. The molecule has 1 heteroatoms. The molecule has 1 aliphatic carbocycles. The molecule has 0 atom stereocenters. The van der Waals surface area contributed by atoms with Crippen LogP contribution in [0.5, 0.6) is 0 Å². The monoisotopic (exact) mass is 347 g/mol. The molecule has 0 radical (unpaired) electrons. The van der Waals surface area contributed by atoms with Crippen LogP contribution in [0, 0.1) is 0 Å². The van der Waals surface area contributed by atoms with Crippen LogP contribution in [-0.2, 0) is 5.41 Å². The lowest BCUT2D eigenvalue weighted by atomic mass is 9.79. The average molecular weight is 347 g/mol. The molecule has 1 heterocycles. The smallest absolute Gasteiger partial charge is 0.0783 e. The zero-order valence-electron chi connectivity index (χ0n) is 15.6. The van der Waals surface area contributed by atoms with Crippen LogP contribution < -0.4 is 0 Å². The van der Waals surface area contributed by atoms with Crippen molar-refractivity contribution in [3.63, 3.8) is 0 Å². The van der Waals surface area contributed by atoms with Gasteiger partial charge in [-0.25, -0.2) is 0 Å². The summed E-state index contributed by atoms with van der Waals surface area (Å²) in [4.78, 5) is 4.83. The van der Waals surface area contributed by atoms with E-state index in [2.05, 4.69) is 92.7 Å². The third kappa shape index (κ3) is 2.35. The van der Waals surface area contributed by atoms with E-state index in [1.807, 2.05) is 12.3 Å². The molecule has 1 aliphatic rings. The van der Waals surface area contributed by atoms with Crippen LogP contribution >= 0.6 is 0 Å². The molecule has 0 aliphatic heterocycles. The van der Waals surface area contributed by atoms with Gasteiger partial charge < -0.3 is 0 Å². The molecular formula is C26H21N. The zero-order chi connectivity index (χ0) is 18.4. The predicted octanol–water partition coefficient (Wildman–Crippen LogP) is 6.72. The summed E-state index contributed by atoms with van der Waals surface area (Å²) in [6, 6.07) is 30.1. The van der Waals surface area contributed by atoms with E-state index in [9.17, 15) is 0 Å². The number of fused-ring (bicyclic) bond motifs is 3. The Labute approximate surface area is 160 Å². The Morgan fingerprint density at radius 1 is 0.593 bits per heavy atom. The van der Waals surface area contributed by atoms with Crippen molar-refractivity contribution in [1.29, 1.82) is 0 Å². The van der Waals surface area contributed by atoms with Gasteiger partial charge >= 0.3 is 0 Å². The average Bonchev–Trinajstić information content (AvgIpc) is 2.97. The zero-order valence-corrected chi connectivity index (χ0v) is 15.6. The molecule has 1 aromatic heterocycles. The molecule has 5 rings (SSSR count). The van der Waals surface area contributed by atoms with Crippen LogP contribution in [0.15, 0.2) is 91.1 Å². The van der Waals surface area contributed by atoms with Gasteiger partial charge in [-0.05, 0) is 33.9 Å². The van der Waals surface area contributed by atoms with Gasteiger partial charge in [-0.1, -0.05) is 92.7 Å². The number of hydrogen-bond donors (Lipinski definition) is 0. The largest absolute Gasteiger partial charge is 0.256 e. The molecule has 0 amide bonds. The molecule has 130 valence electrons. The summed E-state index contributed by atoms with van der Waals surface area (Å²) in [5.74, 6) is 0. The third-order valence-corrected chi connectivity index (χ3v) is 5.73. The van der Waals surface area contributed by atoms with E-state index in [1.165, 1.54) is 38.9 Å². The Hall–Kier alpha value is -3.19. The van der Waals surface area contributed by atoms with Crippen LogP contribution in [0.3, 0.4) is 0 Å². The maximum atomic E-state index is 4.83. The van der Waals surface area contributed by atoms with Gasteiger partial charge in [0.1, 0.15) is 0 Å². The summed E-state index contributed by atoms with van der Waals surface area (Å²) in [5.41, 5.74) is 10.1. The number of rotatable bonds is 2. The second kappa shape index (κ2) is 5.92. The molecule has 27 heavy (non-hydrogen) atoms. The summed E-state index contributed by atoms with van der Waals surface area (Å²) in [6.45, 7) is 4.65. The fraction of sp³-hybridized carbons (Fsp3) is 0.115. The molecule has 3 aromatic carbocycles. The SMILES string of the molecule is CC1(C)c2ccccc2-c2cccc(-c3ncccc3-c3ccccc3)c21. The van der Waals surface area contributed by atoms with E-state index in [0.717, 1.165) is 5.69 Å². The molecular weight excluding hydrogens is 326 g/mol. The first-order valence-electron chi connectivity index (χ1n) is 9.42. The first-order chi connectivity index (χ1) is 13.2. The maximum absolute atomic E-state index is 4.83. The minimum atomic E-state index is -0.0476. The lowest BCUT2D eigenvalue weighted by Crippen LogP contribution is -2.16. The molecule has 0 unspecified atom stereocenters. The maximum Gasteiger partial charge on any atom is 0.0783 e. The molecule has 0 saturated carbocycles. The Morgan fingerprint density at radius 3 is 2.11 bits per heavy atom. The van der Waals surface area contributed by atoms with E-state index in [-0.39, 0.29) is 5.41 Å². The molecule has 0 saturated heterocycles. The molecule has 0 fully saturated rings. The van der Waals surface area contributed by atoms with Crippen molar-refractivity contribution in [2.45, 2.75) is 19.3 Å². The van der Waals surface area contributed by atoms with E-state index < -0.39 is 0 Å². The van der Waals surface area contributed by atoms with Crippen molar-refractivity contribution < 1.29 is 0 Å². The standard InChI is InChI=1S/C26H21N/c1-26(2)23-16-7-6-12-20(23)21-13-8-14-22(24(21)26)25-19(15-9-17-27-25)18-10-4-3-5-11-18/h3-17H,1-2H3. The summed E-state index contributed by atoms with van der Waals surface area (Å²) in [7, 11) is 0. The normalized spacial score (nSPS) is 13.9. The van der Waals surface area contributed by atoms with Crippen LogP contribution in [-0.4, -0.2) is 4.98 Å². The van der Waals surface area contributed by atoms with Crippen molar-refractivity contribution in [2.24, 2.45) is 0 Å². The quantitative estimate of drug-likeness (QED) is 0.392.